The monoisotopic (exact) mass is 387 g/mol. The largest absolute Gasteiger partial charge is 0.333 e. The first-order chi connectivity index (χ1) is 13.6. The van der Waals surface area contributed by atoms with Gasteiger partial charge in [0.15, 0.2) is 5.11 Å². The van der Waals surface area contributed by atoms with Crippen LogP contribution in [0.4, 0.5) is 11.4 Å². The molecule has 0 spiro atoms. The summed E-state index contributed by atoms with van der Waals surface area (Å²) in [6.45, 7) is 2.23. The highest BCUT2D eigenvalue weighted by atomic mass is 32.1. The number of hydrogen-bond donors (Lipinski definition) is 2. The maximum Gasteiger partial charge on any atom is 0.244 e. The molecule has 0 fully saturated rings. The zero-order valence-corrected chi connectivity index (χ0v) is 16.4. The molecule has 0 saturated carbocycles. The Balaban J connectivity index is 1.80. The quantitative estimate of drug-likeness (QED) is 0.624. The molecule has 0 aromatic heterocycles. The van der Waals surface area contributed by atoms with Crippen molar-refractivity contribution >= 4 is 34.6 Å². The highest BCUT2D eigenvalue weighted by Crippen LogP contribution is 2.36. The predicted octanol–water partition coefficient (Wildman–Crippen LogP) is 4.74. The van der Waals surface area contributed by atoms with E-state index in [2.05, 4.69) is 35.8 Å². The van der Waals surface area contributed by atoms with E-state index in [1.165, 1.54) is 0 Å². The van der Waals surface area contributed by atoms with E-state index in [1.807, 2.05) is 65.6 Å². The number of rotatable bonds is 2. The minimum absolute atomic E-state index is 0.0826. The average Bonchev–Trinajstić information content (AvgIpc) is 2.85. The molecule has 4 nitrogen and oxygen atoms in total. The van der Waals surface area contributed by atoms with Gasteiger partial charge in [0.05, 0.1) is 6.04 Å². The molecule has 0 radical (unpaired) electrons. The van der Waals surface area contributed by atoms with Crippen molar-refractivity contribution < 1.29 is 4.79 Å². The SMILES string of the molecule is Cc1ccc2c(c1)[C@H](c1ccccc1)N(C(=S)Nc1ccccc1)CC(=O)N2. The van der Waals surface area contributed by atoms with Gasteiger partial charge in [-0.2, -0.15) is 0 Å². The molecular formula is C23H21N3OS. The van der Waals surface area contributed by atoms with E-state index >= 15 is 0 Å². The predicted molar refractivity (Wildman–Crippen MR) is 117 cm³/mol. The van der Waals surface area contributed by atoms with Crippen molar-refractivity contribution in [2.24, 2.45) is 0 Å². The van der Waals surface area contributed by atoms with Crippen molar-refractivity contribution in [1.82, 2.24) is 4.90 Å². The Morgan fingerprint density at radius 1 is 1.04 bits per heavy atom. The van der Waals surface area contributed by atoms with Crippen LogP contribution in [0.15, 0.2) is 78.9 Å². The van der Waals surface area contributed by atoms with Gasteiger partial charge in [-0.3, -0.25) is 4.79 Å². The Kier molecular flexibility index (Phi) is 5.08. The summed E-state index contributed by atoms with van der Waals surface area (Å²) in [5.41, 5.74) is 4.98. The molecular weight excluding hydrogens is 366 g/mol. The molecule has 3 aromatic rings. The van der Waals surface area contributed by atoms with Crippen molar-refractivity contribution in [3.63, 3.8) is 0 Å². The van der Waals surface area contributed by atoms with Crippen LogP contribution in [0.2, 0.25) is 0 Å². The lowest BCUT2D eigenvalue weighted by atomic mass is 9.95. The minimum Gasteiger partial charge on any atom is -0.333 e. The number of thiocarbonyl (C=S) groups is 1. The van der Waals surface area contributed by atoms with Crippen LogP contribution >= 0.6 is 12.2 Å². The molecule has 5 heteroatoms. The molecule has 4 rings (SSSR count). The molecule has 0 saturated heterocycles. The fraction of sp³-hybridized carbons (Fsp3) is 0.130. The molecule has 3 aromatic carbocycles. The van der Waals surface area contributed by atoms with Crippen LogP contribution in [-0.4, -0.2) is 22.5 Å². The van der Waals surface area contributed by atoms with E-state index in [1.54, 1.807) is 0 Å². The summed E-state index contributed by atoms with van der Waals surface area (Å²) in [4.78, 5) is 14.6. The minimum atomic E-state index is -0.168. The van der Waals surface area contributed by atoms with E-state index in [0.717, 1.165) is 28.1 Å². The number of nitrogens with zero attached hydrogens (tertiary/aromatic N) is 1. The van der Waals surface area contributed by atoms with Crippen LogP contribution in [0.3, 0.4) is 0 Å². The topological polar surface area (TPSA) is 44.4 Å². The molecule has 140 valence electrons. The Labute approximate surface area is 170 Å². The van der Waals surface area contributed by atoms with Crippen molar-refractivity contribution in [3.05, 3.63) is 95.6 Å². The van der Waals surface area contributed by atoms with Gasteiger partial charge in [-0.1, -0.05) is 66.2 Å². The van der Waals surface area contributed by atoms with Crippen LogP contribution in [0.5, 0.6) is 0 Å². The summed E-state index contributed by atoms with van der Waals surface area (Å²) in [6, 6.07) is 25.9. The lowest BCUT2D eigenvalue weighted by Gasteiger charge is -2.33. The van der Waals surface area contributed by atoms with Gasteiger partial charge in [0.25, 0.3) is 0 Å². The van der Waals surface area contributed by atoms with Gasteiger partial charge in [-0.05, 0) is 42.9 Å². The normalized spacial score (nSPS) is 16.0. The fourth-order valence-corrected chi connectivity index (χ4v) is 3.81. The Bertz CT molecular complexity index is 1000. The second-order valence-electron chi connectivity index (χ2n) is 6.88. The highest BCUT2D eigenvalue weighted by Gasteiger charge is 2.31. The Hall–Kier alpha value is -3.18. The summed E-state index contributed by atoms with van der Waals surface area (Å²) in [5, 5.41) is 6.83. The number of fused-ring (bicyclic) bond motifs is 1. The van der Waals surface area contributed by atoms with Crippen LogP contribution < -0.4 is 10.6 Å². The summed E-state index contributed by atoms with van der Waals surface area (Å²) >= 11 is 5.74. The van der Waals surface area contributed by atoms with Crippen molar-refractivity contribution in [3.8, 4) is 0 Å². The maximum absolute atomic E-state index is 12.6. The van der Waals surface area contributed by atoms with E-state index in [-0.39, 0.29) is 18.5 Å². The summed E-state index contributed by atoms with van der Waals surface area (Å²) in [5.74, 6) is -0.0826. The van der Waals surface area contributed by atoms with Gasteiger partial charge >= 0.3 is 0 Å². The van der Waals surface area contributed by atoms with E-state index in [0.29, 0.717) is 5.11 Å². The lowest BCUT2D eigenvalue weighted by Crippen LogP contribution is -2.41. The number of anilines is 2. The van der Waals surface area contributed by atoms with Gasteiger partial charge in [0.1, 0.15) is 6.54 Å². The third-order valence-corrected chi connectivity index (χ3v) is 5.14. The van der Waals surface area contributed by atoms with Crippen molar-refractivity contribution in [2.75, 3.05) is 17.2 Å². The third-order valence-electron chi connectivity index (χ3n) is 4.80. The van der Waals surface area contributed by atoms with Crippen molar-refractivity contribution in [1.29, 1.82) is 0 Å². The first kappa shape index (κ1) is 18.2. The van der Waals surface area contributed by atoms with Gasteiger partial charge in [-0.15, -0.1) is 0 Å². The van der Waals surface area contributed by atoms with E-state index in [4.69, 9.17) is 12.2 Å². The van der Waals surface area contributed by atoms with Crippen LogP contribution in [0.1, 0.15) is 22.7 Å². The zero-order valence-electron chi connectivity index (χ0n) is 15.6. The lowest BCUT2D eigenvalue weighted by molar-refractivity contribution is -0.116. The zero-order chi connectivity index (χ0) is 19.5. The Morgan fingerprint density at radius 2 is 1.71 bits per heavy atom. The van der Waals surface area contributed by atoms with Gasteiger partial charge in [-0.25, -0.2) is 0 Å². The number of carbonyl (C=O) groups excluding carboxylic acids is 1. The Morgan fingerprint density at radius 3 is 2.43 bits per heavy atom. The average molecular weight is 388 g/mol. The number of carbonyl (C=O) groups is 1. The number of nitrogens with one attached hydrogen (secondary N) is 2. The van der Waals surface area contributed by atoms with Gasteiger partial charge in [0, 0.05) is 16.9 Å². The molecule has 1 heterocycles. The molecule has 0 aliphatic carbocycles. The summed E-state index contributed by atoms with van der Waals surface area (Å²) < 4.78 is 0. The number of aryl methyl sites for hydroxylation is 1. The van der Waals surface area contributed by atoms with E-state index in [9.17, 15) is 4.79 Å². The second kappa shape index (κ2) is 7.82. The first-order valence-electron chi connectivity index (χ1n) is 9.20. The van der Waals surface area contributed by atoms with Crippen LogP contribution in [-0.2, 0) is 4.79 Å². The molecule has 0 unspecified atom stereocenters. The van der Waals surface area contributed by atoms with Gasteiger partial charge < -0.3 is 15.5 Å². The molecule has 2 N–H and O–H groups in total. The molecule has 1 aliphatic heterocycles. The molecule has 28 heavy (non-hydrogen) atoms. The first-order valence-corrected chi connectivity index (χ1v) is 9.60. The van der Waals surface area contributed by atoms with Gasteiger partial charge in [0.2, 0.25) is 5.91 Å². The van der Waals surface area contributed by atoms with Crippen LogP contribution in [0.25, 0.3) is 0 Å². The summed E-state index contributed by atoms with van der Waals surface area (Å²) in [7, 11) is 0. The number of amides is 1. The second-order valence-corrected chi connectivity index (χ2v) is 7.26. The molecule has 0 bridgehead atoms. The van der Waals surface area contributed by atoms with E-state index < -0.39 is 0 Å². The third kappa shape index (κ3) is 3.75. The smallest absolute Gasteiger partial charge is 0.244 e. The fourth-order valence-electron chi connectivity index (χ4n) is 3.53. The highest BCUT2D eigenvalue weighted by molar-refractivity contribution is 7.80. The number of para-hydroxylation sites is 1. The molecule has 1 atom stereocenters. The molecule has 1 amide bonds. The maximum atomic E-state index is 12.6. The van der Waals surface area contributed by atoms with Crippen LogP contribution in [0, 0.1) is 6.92 Å². The number of benzene rings is 3. The standard InChI is InChI=1S/C23H21N3OS/c1-16-12-13-20-19(14-16)22(17-8-4-2-5-9-17)26(15-21(27)25-20)23(28)24-18-10-6-3-7-11-18/h2-14,22H,15H2,1H3,(H,24,28)(H,25,27)/t22-/m0/s1. The summed E-state index contributed by atoms with van der Waals surface area (Å²) in [6.07, 6.45) is 0. The van der Waals surface area contributed by atoms with Crippen molar-refractivity contribution in [2.45, 2.75) is 13.0 Å². The molecule has 1 aliphatic rings. The number of hydrogen-bond acceptors (Lipinski definition) is 2.